The molecule has 1 aliphatic carbocycles. The van der Waals surface area contributed by atoms with Crippen molar-refractivity contribution in [3.05, 3.63) is 35.0 Å². The maximum absolute atomic E-state index is 3.72. The third-order valence-corrected chi connectivity index (χ3v) is 4.74. The highest BCUT2D eigenvalue weighted by atomic mass is 15.0. The highest BCUT2D eigenvalue weighted by Gasteiger charge is 2.28. The molecule has 1 N–H and O–H groups in total. The molecule has 19 heavy (non-hydrogen) atoms. The zero-order valence-corrected chi connectivity index (χ0v) is 11.9. The second-order valence-corrected chi connectivity index (χ2v) is 6.40. The number of para-hydroxylation sites is 1. The predicted molar refractivity (Wildman–Crippen MR) is 79.7 cm³/mol. The molecular weight excluding hydrogens is 232 g/mol. The van der Waals surface area contributed by atoms with Gasteiger partial charge in [0.1, 0.15) is 0 Å². The fourth-order valence-corrected chi connectivity index (χ4v) is 4.07. The summed E-state index contributed by atoms with van der Waals surface area (Å²) < 4.78 is 2.60. The molecule has 0 spiro atoms. The number of rotatable bonds is 2. The van der Waals surface area contributed by atoms with Gasteiger partial charge in [0.2, 0.25) is 0 Å². The Morgan fingerprint density at radius 3 is 3.00 bits per heavy atom. The zero-order chi connectivity index (χ0) is 13.0. The van der Waals surface area contributed by atoms with Crippen molar-refractivity contribution in [3.63, 3.8) is 0 Å². The molecule has 2 heteroatoms. The Balaban J connectivity index is 1.81. The van der Waals surface area contributed by atoms with Crippen LogP contribution in [0.25, 0.3) is 10.9 Å². The van der Waals surface area contributed by atoms with E-state index in [4.69, 9.17) is 0 Å². The van der Waals surface area contributed by atoms with Gasteiger partial charge in [-0.15, -0.1) is 0 Å². The number of benzene rings is 1. The molecule has 1 atom stereocenters. The topological polar surface area (TPSA) is 17.0 Å². The average Bonchev–Trinajstić information content (AvgIpc) is 2.94. The van der Waals surface area contributed by atoms with Crippen LogP contribution in [0, 0.1) is 0 Å². The molecule has 0 saturated carbocycles. The third-order valence-electron chi connectivity index (χ3n) is 4.74. The van der Waals surface area contributed by atoms with Crippen molar-refractivity contribution in [1.82, 2.24) is 9.88 Å². The summed E-state index contributed by atoms with van der Waals surface area (Å²) >= 11 is 0. The monoisotopic (exact) mass is 254 g/mol. The van der Waals surface area contributed by atoms with Gasteiger partial charge in [0.05, 0.1) is 5.52 Å². The lowest BCUT2D eigenvalue weighted by atomic mass is 9.90. The van der Waals surface area contributed by atoms with Crippen LogP contribution in [-0.2, 0) is 25.8 Å². The molecule has 1 unspecified atom stereocenters. The Kier molecular flexibility index (Phi) is 2.49. The summed E-state index contributed by atoms with van der Waals surface area (Å²) in [6.45, 7) is 5.70. The van der Waals surface area contributed by atoms with Gasteiger partial charge in [0, 0.05) is 29.7 Å². The van der Waals surface area contributed by atoms with Gasteiger partial charge in [-0.2, -0.15) is 0 Å². The van der Waals surface area contributed by atoms with Gasteiger partial charge in [-0.3, -0.25) is 0 Å². The number of nitrogens with zero attached hydrogens (tertiary/aromatic N) is 1. The van der Waals surface area contributed by atoms with Crippen LogP contribution in [0.5, 0.6) is 0 Å². The van der Waals surface area contributed by atoms with Crippen molar-refractivity contribution < 1.29 is 0 Å². The molecule has 1 aromatic heterocycles. The summed E-state index contributed by atoms with van der Waals surface area (Å²) in [4.78, 5) is 0. The first kappa shape index (κ1) is 11.5. The van der Waals surface area contributed by atoms with Crippen LogP contribution in [0.1, 0.15) is 37.1 Å². The highest BCUT2D eigenvalue weighted by Crippen LogP contribution is 2.37. The molecule has 0 radical (unpaired) electrons. The van der Waals surface area contributed by atoms with Crippen LogP contribution in [0.3, 0.4) is 0 Å². The molecule has 0 bridgehead atoms. The standard InChI is InChI=1S/C17H22N2/c1-11(2)18-13-6-7-16-15(10-13)14-5-3-4-12-8-9-19(16)17(12)14/h3-5,11,13,18H,6-10H2,1-2H3. The Morgan fingerprint density at radius 2 is 2.16 bits per heavy atom. The second-order valence-electron chi connectivity index (χ2n) is 6.40. The minimum absolute atomic E-state index is 0.586. The molecule has 0 fully saturated rings. The van der Waals surface area contributed by atoms with E-state index in [2.05, 4.69) is 41.9 Å². The number of aromatic nitrogens is 1. The van der Waals surface area contributed by atoms with E-state index in [0.717, 1.165) is 0 Å². The van der Waals surface area contributed by atoms with Crippen molar-refractivity contribution >= 4 is 10.9 Å². The SMILES string of the molecule is CC(C)NC1CCc2c(c3cccc4c3n2CC4)C1. The molecule has 1 aromatic carbocycles. The number of fused-ring (bicyclic) bond motifs is 3. The smallest absolute Gasteiger partial charge is 0.0518 e. The first-order valence-electron chi connectivity index (χ1n) is 7.62. The van der Waals surface area contributed by atoms with E-state index < -0.39 is 0 Å². The van der Waals surface area contributed by atoms with Gasteiger partial charge >= 0.3 is 0 Å². The Bertz CT molecular complexity index is 636. The quantitative estimate of drug-likeness (QED) is 0.871. The molecule has 0 saturated heterocycles. The van der Waals surface area contributed by atoms with Crippen LogP contribution in [0.2, 0.25) is 0 Å². The molecule has 100 valence electrons. The normalized spacial score (nSPS) is 21.3. The van der Waals surface area contributed by atoms with E-state index >= 15 is 0 Å². The molecule has 4 rings (SSSR count). The van der Waals surface area contributed by atoms with E-state index in [0.29, 0.717) is 12.1 Å². The van der Waals surface area contributed by atoms with E-state index in [1.54, 1.807) is 16.8 Å². The van der Waals surface area contributed by atoms with Gasteiger partial charge in [-0.05, 0) is 36.8 Å². The van der Waals surface area contributed by atoms with E-state index in [1.807, 2.05) is 0 Å². The largest absolute Gasteiger partial charge is 0.344 e. The van der Waals surface area contributed by atoms with E-state index in [1.165, 1.54) is 43.1 Å². The number of aryl methyl sites for hydroxylation is 2. The maximum Gasteiger partial charge on any atom is 0.0518 e. The summed E-state index contributed by atoms with van der Waals surface area (Å²) in [5, 5.41) is 5.25. The highest BCUT2D eigenvalue weighted by molar-refractivity contribution is 5.89. The van der Waals surface area contributed by atoms with Crippen LogP contribution in [0.4, 0.5) is 0 Å². The van der Waals surface area contributed by atoms with Crippen LogP contribution >= 0.6 is 0 Å². The lowest BCUT2D eigenvalue weighted by Gasteiger charge is -2.26. The minimum atomic E-state index is 0.586. The van der Waals surface area contributed by atoms with Crippen molar-refractivity contribution in [2.75, 3.05) is 0 Å². The molecule has 0 amide bonds. The summed E-state index contributed by atoms with van der Waals surface area (Å²) in [7, 11) is 0. The maximum atomic E-state index is 3.72. The molecule has 2 nitrogen and oxygen atoms in total. The first-order chi connectivity index (χ1) is 9.24. The van der Waals surface area contributed by atoms with Crippen molar-refractivity contribution in [3.8, 4) is 0 Å². The molecule has 2 aliphatic rings. The summed E-state index contributed by atoms with van der Waals surface area (Å²) in [5.74, 6) is 0. The Hall–Kier alpha value is -1.28. The predicted octanol–water partition coefficient (Wildman–Crippen LogP) is 3.05. The van der Waals surface area contributed by atoms with Gasteiger partial charge in [0.25, 0.3) is 0 Å². The van der Waals surface area contributed by atoms with E-state index in [-0.39, 0.29) is 0 Å². The number of nitrogens with one attached hydrogen (secondary N) is 1. The lowest BCUT2D eigenvalue weighted by Crippen LogP contribution is -2.39. The molecule has 1 aliphatic heterocycles. The van der Waals surface area contributed by atoms with Gasteiger partial charge in [0.15, 0.2) is 0 Å². The summed E-state index contributed by atoms with van der Waals surface area (Å²) in [6, 6.07) is 8.13. The minimum Gasteiger partial charge on any atom is -0.344 e. The Labute approximate surface area is 114 Å². The number of hydrogen-bond acceptors (Lipinski definition) is 1. The van der Waals surface area contributed by atoms with Gasteiger partial charge in [-0.25, -0.2) is 0 Å². The van der Waals surface area contributed by atoms with Crippen molar-refractivity contribution in [2.24, 2.45) is 0 Å². The van der Waals surface area contributed by atoms with Gasteiger partial charge < -0.3 is 9.88 Å². The fourth-order valence-electron chi connectivity index (χ4n) is 4.07. The summed E-state index contributed by atoms with van der Waals surface area (Å²) in [6.07, 6.45) is 4.97. The zero-order valence-electron chi connectivity index (χ0n) is 11.9. The van der Waals surface area contributed by atoms with Crippen LogP contribution in [0.15, 0.2) is 18.2 Å². The number of hydrogen-bond donors (Lipinski definition) is 1. The van der Waals surface area contributed by atoms with Crippen LogP contribution in [-0.4, -0.2) is 16.7 Å². The molecule has 2 aromatic rings. The summed E-state index contributed by atoms with van der Waals surface area (Å²) in [5.41, 5.74) is 6.35. The second kappa shape index (κ2) is 4.11. The third kappa shape index (κ3) is 1.66. The van der Waals surface area contributed by atoms with Gasteiger partial charge in [-0.1, -0.05) is 32.0 Å². The average molecular weight is 254 g/mol. The molecule has 2 heterocycles. The Morgan fingerprint density at radius 1 is 1.26 bits per heavy atom. The fraction of sp³-hybridized carbons (Fsp3) is 0.529. The van der Waals surface area contributed by atoms with Crippen LogP contribution < -0.4 is 5.32 Å². The lowest BCUT2D eigenvalue weighted by molar-refractivity contribution is 0.416. The first-order valence-corrected chi connectivity index (χ1v) is 7.62. The van der Waals surface area contributed by atoms with Crippen molar-refractivity contribution in [2.45, 2.75) is 58.2 Å². The van der Waals surface area contributed by atoms with E-state index in [9.17, 15) is 0 Å². The van der Waals surface area contributed by atoms with Crippen molar-refractivity contribution in [1.29, 1.82) is 0 Å². The molecular formula is C17H22N2.